The molecule has 100 valence electrons. The van der Waals surface area contributed by atoms with E-state index in [4.69, 9.17) is 5.11 Å². The average Bonchev–Trinajstić information content (AvgIpc) is 2.95. The molecule has 0 radical (unpaired) electrons. The molecule has 0 unspecified atom stereocenters. The Morgan fingerprint density at radius 2 is 2.00 bits per heavy atom. The third-order valence-corrected chi connectivity index (χ3v) is 4.99. The Balaban J connectivity index is 2.13. The quantitative estimate of drug-likeness (QED) is 0.905. The van der Waals surface area contributed by atoms with Gasteiger partial charge in [-0.1, -0.05) is 6.92 Å². The molecule has 0 aliphatic heterocycles. The van der Waals surface area contributed by atoms with Gasteiger partial charge in [-0.15, -0.1) is 22.7 Å². The lowest BCUT2D eigenvalue weighted by molar-refractivity contribution is 0.0702. The molecule has 0 aliphatic rings. The van der Waals surface area contributed by atoms with Crippen molar-refractivity contribution in [2.24, 2.45) is 0 Å². The van der Waals surface area contributed by atoms with Crippen molar-refractivity contribution in [2.75, 3.05) is 5.32 Å². The predicted octanol–water partition coefficient (Wildman–Crippen LogP) is 3.63. The van der Waals surface area contributed by atoms with Crippen LogP contribution in [0, 0.1) is 6.92 Å². The van der Waals surface area contributed by atoms with Gasteiger partial charge >= 0.3 is 5.97 Å². The maximum atomic E-state index is 12.0. The summed E-state index contributed by atoms with van der Waals surface area (Å²) in [6.07, 6.45) is 0.909. The summed E-state index contributed by atoms with van der Waals surface area (Å²) >= 11 is 2.53. The van der Waals surface area contributed by atoms with Crippen LogP contribution in [0.4, 0.5) is 5.00 Å². The molecule has 2 aromatic heterocycles. The average molecular weight is 295 g/mol. The highest BCUT2D eigenvalue weighted by molar-refractivity contribution is 7.18. The largest absolute Gasteiger partial charge is 0.477 e. The summed E-state index contributed by atoms with van der Waals surface area (Å²) in [5, 5.41) is 12.1. The van der Waals surface area contributed by atoms with Crippen LogP contribution in [0.1, 0.15) is 36.7 Å². The van der Waals surface area contributed by atoms with Crippen molar-refractivity contribution in [1.29, 1.82) is 0 Å². The zero-order valence-electron chi connectivity index (χ0n) is 10.5. The number of amides is 1. The van der Waals surface area contributed by atoms with E-state index in [0.717, 1.165) is 23.3 Å². The molecule has 0 aromatic carbocycles. The van der Waals surface area contributed by atoms with Gasteiger partial charge in [0.1, 0.15) is 4.88 Å². The van der Waals surface area contributed by atoms with E-state index in [1.165, 1.54) is 22.3 Å². The second-order valence-corrected chi connectivity index (χ2v) is 6.21. The number of carboxylic acids is 1. The number of nitrogens with one attached hydrogen (secondary N) is 1. The van der Waals surface area contributed by atoms with Gasteiger partial charge in [-0.25, -0.2) is 4.79 Å². The lowest BCUT2D eigenvalue weighted by Gasteiger charge is -1.98. The van der Waals surface area contributed by atoms with E-state index in [9.17, 15) is 9.59 Å². The van der Waals surface area contributed by atoms with Crippen molar-refractivity contribution in [3.63, 3.8) is 0 Å². The van der Waals surface area contributed by atoms with Crippen LogP contribution in [0.5, 0.6) is 0 Å². The van der Waals surface area contributed by atoms with Crippen LogP contribution in [-0.4, -0.2) is 17.0 Å². The molecule has 2 heterocycles. The van der Waals surface area contributed by atoms with Crippen LogP contribution in [0.2, 0.25) is 0 Å². The molecule has 4 nitrogen and oxygen atoms in total. The van der Waals surface area contributed by atoms with E-state index in [0.29, 0.717) is 9.88 Å². The molecular weight excluding hydrogens is 282 g/mol. The van der Waals surface area contributed by atoms with Crippen molar-refractivity contribution in [1.82, 2.24) is 0 Å². The Morgan fingerprint density at radius 3 is 2.53 bits per heavy atom. The maximum Gasteiger partial charge on any atom is 0.345 e. The fourth-order valence-corrected chi connectivity index (χ4v) is 3.43. The van der Waals surface area contributed by atoms with Crippen molar-refractivity contribution >= 4 is 39.6 Å². The van der Waals surface area contributed by atoms with Crippen LogP contribution in [0.3, 0.4) is 0 Å². The highest BCUT2D eigenvalue weighted by Crippen LogP contribution is 2.26. The summed E-state index contributed by atoms with van der Waals surface area (Å²) < 4.78 is 0. The van der Waals surface area contributed by atoms with E-state index in [1.807, 2.05) is 13.0 Å². The number of aromatic carboxylic acids is 1. The van der Waals surface area contributed by atoms with Crippen LogP contribution in [0.25, 0.3) is 0 Å². The highest BCUT2D eigenvalue weighted by atomic mass is 32.1. The third-order valence-electron chi connectivity index (χ3n) is 2.62. The molecular formula is C13H13NO3S2. The number of carbonyl (C=O) groups is 2. The zero-order chi connectivity index (χ0) is 14.0. The number of anilines is 1. The Hall–Kier alpha value is -1.66. The van der Waals surface area contributed by atoms with E-state index in [-0.39, 0.29) is 10.8 Å². The molecule has 1 amide bonds. The molecule has 0 fully saturated rings. The molecule has 0 saturated carbocycles. The second-order valence-electron chi connectivity index (χ2n) is 3.99. The van der Waals surface area contributed by atoms with Gasteiger partial charge in [-0.05, 0) is 37.1 Å². The minimum atomic E-state index is -0.981. The number of rotatable bonds is 4. The van der Waals surface area contributed by atoms with E-state index < -0.39 is 5.97 Å². The SMILES string of the molecule is CCc1sc(C(=O)Nc2ccc(C(=O)O)s2)cc1C. The molecule has 2 aromatic rings. The summed E-state index contributed by atoms with van der Waals surface area (Å²) in [6, 6.07) is 4.96. The molecule has 0 saturated heterocycles. The van der Waals surface area contributed by atoms with E-state index in [2.05, 4.69) is 12.2 Å². The minimum absolute atomic E-state index is 0.188. The fourth-order valence-electron chi connectivity index (χ4n) is 1.68. The maximum absolute atomic E-state index is 12.0. The zero-order valence-corrected chi connectivity index (χ0v) is 12.2. The van der Waals surface area contributed by atoms with Crippen molar-refractivity contribution in [3.8, 4) is 0 Å². The summed E-state index contributed by atoms with van der Waals surface area (Å²) in [4.78, 5) is 24.9. The van der Waals surface area contributed by atoms with Gasteiger partial charge in [0.05, 0.1) is 9.88 Å². The summed E-state index contributed by atoms with van der Waals surface area (Å²) in [5.74, 6) is -1.17. The first kappa shape index (κ1) is 13.8. The number of hydrogen-bond donors (Lipinski definition) is 2. The third kappa shape index (κ3) is 3.02. The number of carbonyl (C=O) groups excluding carboxylic acids is 1. The van der Waals surface area contributed by atoms with Crippen LogP contribution in [-0.2, 0) is 6.42 Å². The Labute approximate surface area is 118 Å². The molecule has 0 atom stereocenters. The van der Waals surface area contributed by atoms with Crippen molar-refractivity contribution in [3.05, 3.63) is 38.4 Å². The minimum Gasteiger partial charge on any atom is -0.477 e. The Bertz CT molecular complexity index is 628. The number of thiophene rings is 2. The standard InChI is InChI=1S/C13H13NO3S2/c1-3-8-7(2)6-10(18-8)12(15)14-11-5-4-9(19-11)13(16)17/h4-6H,3H2,1-2H3,(H,14,15)(H,16,17). The summed E-state index contributed by atoms with van der Waals surface area (Å²) in [6.45, 7) is 4.04. The molecule has 0 bridgehead atoms. The topological polar surface area (TPSA) is 66.4 Å². The van der Waals surface area contributed by atoms with Crippen LogP contribution < -0.4 is 5.32 Å². The first-order chi connectivity index (χ1) is 9.01. The molecule has 19 heavy (non-hydrogen) atoms. The fraction of sp³-hybridized carbons (Fsp3) is 0.231. The van der Waals surface area contributed by atoms with E-state index >= 15 is 0 Å². The van der Waals surface area contributed by atoms with Gasteiger partial charge in [-0.3, -0.25) is 4.79 Å². The molecule has 0 aliphatic carbocycles. The summed E-state index contributed by atoms with van der Waals surface area (Å²) in [7, 11) is 0. The van der Waals surface area contributed by atoms with Gasteiger partial charge in [0.15, 0.2) is 0 Å². The first-order valence-electron chi connectivity index (χ1n) is 5.75. The highest BCUT2D eigenvalue weighted by Gasteiger charge is 2.14. The smallest absolute Gasteiger partial charge is 0.345 e. The Morgan fingerprint density at radius 1 is 1.26 bits per heavy atom. The van der Waals surface area contributed by atoms with Gasteiger partial charge in [0, 0.05) is 4.88 Å². The summed E-state index contributed by atoms with van der Waals surface area (Å²) in [5.41, 5.74) is 1.12. The first-order valence-corrected chi connectivity index (χ1v) is 7.38. The lowest BCUT2D eigenvalue weighted by Crippen LogP contribution is -2.08. The predicted molar refractivity (Wildman–Crippen MR) is 77.7 cm³/mol. The van der Waals surface area contributed by atoms with Gasteiger partial charge in [-0.2, -0.15) is 0 Å². The molecule has 2 rings (SSSR count). The second kappa shape index (κ2) is 5.54. The van der Waals surface area contributed by atoms with E-state index in [1.54, 1.807) is 6.07 Å². The number of aryl methyl sites for hydroxylation is 2. The lowest BCUT2D eigenvalue weighted by atomic mass is 10.2. The van der Waals surface area contributed by atoms with Crippen LogP contribution >= 0.6 is 22.7 Å². The monoisotopic (exact) mass is 295 g/mol. The number of carboxylic acid groups (broad SMARTS) is 1. The number of hydrogen-bond acceptors (Lipinski definition) is 4. The van der Waals surface area contributed by atoms with Gasteiger partial charge in [0.25, 0.3) is 5.91 Å². The van der Waals surface area contributed by atoms with Crippen molar-refractivity contribution in [2.45, 2.75) is 20.3 Å². The normalized spacial score (nSPS) is 10.4. The van der Waals surface area contributed by atoms with Gasteiger partial charge < -0.3 is 10.4 Å². The Kier molecular flexibility index (Phi) is 4.01. The molecule has 6 heteroatoms. The van der Waals surface area contributed by atoms with Crippen LogP contribution in [0.15, 0.2) is 18.2 Å². The molecule has 2 N–H and O–H groups in total. The molecule has 0 spiro atoms. The van der Waals surface area contributed by atoms with Gasteiger partial charge in [0.2, 0.25) is 0 Å². The van der Waals surface area contributed by atoms with Crippen molar-refractivity contribution < 1.29 is 14.7 Å².